The lowest BCUT2D eigenvalue weighted by molar-refractivity contribution is -0.154. The number of ether oxygens (including phenoxy) is 2. The summed E-state index contributed by atoms with van der Waals surface area (Å²) in [4.78, 5) is 27.8. The Morgan fingerprint density at radius 2 is 2.00 bits per heavy atom. The summed E-state index contributed by atoms with van der Waals surface area (Å²) in [7, 11) is -2.49. The normalized spacial score (nSPS) is 29.9. The maximum Gasteiger partial charge on any atom is 0.276 e. The average Bonchev–Trinajstić information content (AvgIpc) is 3.56. The average molecular weight is 519 g/mol. The smallest absolute Gasteiger partial charge is 0.276 e. The Labute approximate surface area is 207 Å². The number of fused-ring (bicyclic) bond motifs is 3. The minimum atomic E-state index is -4.04. The van der Waals surface area contributed by atoms with Crippen LogP contribution in [0, 0.1) is 24.6 Å². The Kier molecular flexibility index (Phi) is 5.22. The number of carbonyl (C=O) groups is 2. The molecule has 12 heteroatoms. The van der Waals surface area contributed by atoms with Gasteiger partial charge in [-0.15, -0.1) is 0 Å². The van der Waals surface area contributed by atoms with Crippen molar-refractivity contribution in [1.29, 1.82) is 0 Å². The highest BCUT2D eigenvalue weighted by atomic mass is 32.2. The van der Waals surface area contributed by atoms with E-state index in [1.165, 1.54) is 29.0 Å². The summed E-state index contributed by atoms with van der Waals surface area (Å²) >= 11 is 0. The fourth-order valence-corrected chi connectivity index (χ4v) is 7.28. The zero-order chi connectivity index (χ0) is 25.4. The van der Waals surface area contributed by atoms with Crippen molar-refractivity contribution in [1.82, 2.24) is 14.2 Å². The number of nitrogens with zero attached hydrogens (tertiary/aromatic N) is 2. The molecule has 1 saturated carbocycles. The fraction of sp³-hybridized carbons (Fsp3) is 0.500. The molecule has 192 valence electrons. The van der Waals surface area contributed by atoms with Crippen molar-refractivity contribution < 1.29 is 31.9 Å². The molecule has 1 aliphatic carbocycles. The van der Waals surface area contributed by atoms with Crippen molar-refractivity contribution in [3.8, 4) is 5.75 Å². The van der Waals surface area contributed by atoms with E-state index in [1.54, 1.807) is 18.9 Å². The summed E-state index contributed by atoms with van der Waals surface area (Å²) in [5.74, 6) is -0.976. The number of aryl methyl sites for hydroxylation is 2. The molecule has 0 radical (unpaired) electrons. The fourth-order valence-electron chi connectivity index (χ4n) is 5.79. The summed E-state index contributed by atoms with van der Waals surface area (Å²) in [6, 6.07) is 3.66. The molecule has 2 amide bonds. The molecule has 1 aromatic carbocycles. The second-order valence-corrected chi connectivity index (χ2v) is 12.0. The molecule has 0 spiro atoms. The summed E-state index contributed by atoms with van der Waals surface area (Å²) in [5, 5.41) is 2.69. The third kappa shape index (κ3) is 3.61. The van der Waals surface area contributed by atoms with Crippen LogP contribution in [-0.4, -0.2) is 67.6 Å². The number of hydrogen-bond acceptors (Lipinski definition) is 6. The van der Waals surface area contributed by atoms with Gasteiger partial charge in [0.15, 0.2) is 11.4 Å². The minimum Gasteiger partial charge on any atom is -0.489 e. The van der Waals surface area contributed by atoms with Gasteiger partial charge >= 0.3 is 0 Å². The highest BCUT2D eigenvalue weighted by Crippen LogP contribution is 2.49. The second-order valence-electron chi connectivity index (χ2n) is 10.3. The standard InChI is InChI=1S/C24H27FN4O6S/c1-13-5-16(3-4-17(13)25)26-22(30)20-21-19(10-28(20)2)36(32,33)27-18-9-29(8-15(18)12-34-21)23(31)24-6-14(7-24)11-35-24/h3-5,10,14-15,18,27H,6-9,11-12H2,1-2H3,(H,26,30). The molecule has 2 atom stereocenters. The van der Waals surface area contributed by atoms with Gasteiger partial charge in [0.25, 0.3) is 11.8 Å². The quantitative estimate of drug-likeness (QED) is 0.634. The molecule has 4 fully saturated rings. The van der Waals surface area contributed by atoms with Crippen LogP contribution in [-0.2, 0) is 26.6 Å². The van der Waals surface area contributed by atoms with Crippen molar-refractivity contribution in [3.63, 3.8) is 0 Å². The molecule has 5 aliphatic rings. The number of anilines is 1. The maximum absolute atomic E-state index is 13.6. The molecule has 36 heavy (non-hydrogen) atoms. The van der Waals surface area contributed by atoms with E-state index in [2.05, 4.69) is 10.0 Å². The van der Waals surface area contributed by atoms with Gasteiger partial charge in [-0.3, -0.25) is 9.59 Å². The van der Waals surface area contributed by atoms with Crippen LogP contribution in [0.25, 0.3) is 0 Å². The molecule has 2 unspecified atom stereocenters. The molecule has 2 N–H and O–H groups in total. The van der Waals surface area contributed by atoms with Crippen molar-refractivity contribution in [2.45, 2.75) is 36.3 Å². The number of amides is 2. The van der Waals surface area contributed by atoms with E-state index in [-0.39, 0.29) is 41.3 Å². The Bertz CT molecular complexity index is 1380. The van der Waals surface area contributed by atoms with Crippen LogP contribution >= 0.6 is 0 Å². The SMILES string of the molecule is Cc1cc(NC(=O)c2c3c(cn2C)S(=O)(=O)NC2CN(C(=O)C45CC(CO4)C5)CC2CO3)ccc1F. The Balaban J connectivity index is 1.25. The van der Waals surface area contributed by atoms with Crippen molar-refractivity contribution in [3.05, 3.63) is 41.5 Å². The number of aromatic nitrogens is 1. The van der Waals surface area contributed by atoms with Gasteiger partial charge in [-0.2, -0.15) is 0 Å². The first kappa shape index (κ1) is 23.4. The molecule has 7 rings (SSSR count). The van der Waals surface area contributed by atoms with Crippen LogP contribution < -0.4 is 14.8 Å². The number of hydrogen-bond donors (Lipinski definition) is 2. The number of carbonyl (C=O) groups excluding carboxylic acids is 2. The molecule has 10 nitrogen and oxygen atoms in total. The number of rotatable bonds is 3. The lowest BCUT2D eigenvalue weighted by Crippen LogP contribution is -2.52. The number of nitrogens with one attached hydrogen (secondary N) is 2. The van der Waals surface area contributed by atoms with E-state index in [1.807, 2.05) is 0 Å². The minimum absolute atomic E-state index is 0.0282. The predicted octanol–water partition coefficient (Wildman–Crippen LogP) is 1.40. The Morgan fingerprint density at radius 3 is 2.69 bits per heavy atom. The van der Waals surface area contributed by atoms with Gasteiger partial charge in [0.2, 0.25) is 10.0 Å². The van der Waals surface area contributed by atoms with Gasteiger partial charge in [0.05, 0.1) is 13.2 Å². The predicted molar refractivity (Wildman–Crippen MR) is 126 cm³/mol. The number of halogens is 1. The van der Waals surface area contributed by atoms with Crippen LogP contribution in [0.3, 0.4) is 0 Å². The summed E-state index contributed by atoms with van der Waals surface area (Å²) in [6.07, 6.45) is 2.77. The third-order valence-corrected chi connectivity index (χ3v) is 9.20. The van der Waals surface area contributed by atoms with E-state index in [0.717, 1.165) is 12.8 Å². The molecule has 2 aromatic rings. The van der Waals surface area contributed by atoms with Crippen LogP contribution in [0.15, 0.2) is 29.3 Å². The number of benzene rings is 1. The van der Waals surface area contributed by atoms with E-state index >= 15 is 0 Å². The molecule has 2 bridgehead atoms. The first-order chi connectivity index (χ1) is 17.1. The number of likely N-dealkylation sites (tertiary alicyclic amines) is 1. The summed E-state index contributed by atoms with van der Waals surface area (Å²) in [6.45, 7) is 2.88. The molecule has 3 saturated heterocycles. The van der Waals surface area contributed by atoms with Crippen LogP contribution in [0.4, 0.5) is 10.1 Å². The maximum atomic E-state index is 13.6. The molecule has 4 aliphatic heterocycles. The Morgan fingerprint density at radius 1 is 1.22 bits per heavy atom. The van der Waals surface area contributed by atoms with Crippen molar-refractivity contribution >= 4 is 27.5 Å². The monoisotopic (exact) mass is 518 g/mol. The van der Waals surface area contributed by atoms with E-state index in [0.29, 0.717) is 30.3 Å². The second kappa shape index (κ2) is 8.02. The molecule has 5 heterocycles. The van der Waals surface area contributed by atoms with Gasteiger partial charge in [0.1, 0.15) is 16.3 Å². The van der Waals surface area contributed by atoms with Crippen LogP contribution in [0.1, 0.15) is 28.9 Å². The highest BCUT2D eigenvalue weighted by Gasteiger charge is 2.59. The zero-order valence-electron chi connectivity index (χ0n) is 19.9. The zero-order valence-corrected chi connectivity index (χ0v) is 20.7. The summed E-state index contributed by atoms with van der Waals surface area (Å²) in [5.41, 5.74) is 0.0143. The number of sulfonamides is 1. The van der Waals surface area contributed by atoms with E-state index < -0.39 is 33.4 Å². The van der Waals surface area contributed by atoms with Crippen molar-refractivity contribution in [2.24, 2.45) is 18.9 Å². The molecule has 1 aromatic heterocycles. The lowest BCUT2D eigenvalue weighted by atomic mass is 9.74. The van der Waals surface area contributed by atoms with Crippen LogP contribution in [0.5, 0.6) is 5.75 Å². The largest absolute Gasteiger partial charge is 0.489 e. The first-order valence-electron chi connectivity index (χ1n) is 11.9. The van der Waals surface area contributed by atoms with E-state index in [9.17, 15) is 22.4 Å². The topological polar surface area (TPSA) is 119 Å². The van der Waals surface area contributed by atoms with Gasteiger partial charge in [-0.05, 0) is 49.4 Å². The summed E-state index contributed by atoms with van der Waals surface area (Å²) < 4.78 is 56.1. The van der Waals surface area contributed by atoms with Gasteiger partial charge < -0.3 is 24.3 Å². The molecular weight excluding hydrogens is 491 g/mol. The van der Waals surface area contributed by atoms with Gasteiger partial charge in [-0.1, -0.05) is 0 Å². The van der Waals surface area contributed by atoms with Gasteiger partial charge in [-0.25, -0.2) is 17.5 Å². The first-order valence-corrected chi connectivity index (χ1v) is 13.4. The van der Waals surface area contributed by atoms with Crippen molar-refractivity contribution in [2.75, 3.05) is 31.6 Å². The van der Waals surface area contributed by atoms with Crippen LogP contribution in [0.2, 0.25) is 0 Å². The Hall–Kier alpha value is -2.96. The van der Waals surface area contributed by atoms with Gasteiger partial charge in [0, 0.05) is 44.0 Å². The van der Waals surface area contributed by atoms with E-state index in [4.69, 9.17) is 9.47 Å². The highest BCUT2D eigenvalue weighted by molar-refractivity contribution is 7.89. The lowest BCUT2D eigenvalue weighted by Gasteiger charge is -2.37. The third-order valence-electron chi connectivity index (χ3n) is 7.72. The molecular formula is C24H27FN4O6S.